The maximum absolute atomic E-state index is 12.5. The Morgan fingerprint density at radius 2 is 2.08 bits per heavy atom. The van der Waals surface area contributed by atoms with Gasteiger partial charge in [-0.1, -0.05) is 6.92 Å². The maximum atomic E-state index is 12.5. The minimum absolute atomic E-state index is 0.142. The number of fused-ring (bicyclic) bond motifs is 1. The fraction of sp³-hybridized carbons (Fsp3) is 0.667. The highest BCUT2D eigenvalue weighted by Crippen LogP contribution is 2.25. The first-order valence-electron chi connectivity index (χ1n) is 9.51. The molecule has 0 N–H and O–H groups in total. The summed E-state index contributed by atoms with van der Waals surface area (Å²) >= 11 is 0. The molecule has 8 heteroatoms. The van der Waals surface area contributed by atoms with Crippen molar-refractivity contribution in [3.05, 3.63) is 12.0 Å². The van der Waals surface area contributed by atoms with Gasteiger partial charge >= 0.3 is 0 Å². The van der Waals surface area contributed by atoms with Crippen molar-refractivity contribution in [1.82, 2.24) is 24.6 Å². The summed E-state index contributed by atoms with van der Waals surface area (Å²) in [5.74, 6) is 1.94. The van der Waals surface area contributed by atoms with Gasteiger partial charge in [0.1, 0.15) is 17.7 Å². The quantitative estimate of drug-likeness (QED) is 0.816. The summed E-state index contributed by atoms with van der Waals surface area (Å²) in [6.07, 6.45) is 5.29. The van der Waals surface area contributed by atoms with E-state index in [0.29, 0.717) is 19.7 Å². The van der Waals surface area contributed by atoms with E-state index in [1.807, 2.05) is 18.1 Å². The molecule has 2 aliphatic rings. The van der Waals surface area contributed by atoms with E-state index in [1.165, 1.54) is 0 Å². The van der Waals surface area contributed by atoms with Crippen LogP contribution in [0.5, 0.6) is 0 Å². The zero-order valence-electron chi connectivity index (χ0n) is 15.5. The number of amides is 1. The van der Waals surface area contributed by atoms with Gasteiger partial charge in [-0.15, -0.1) is 0 Å². The largest absolute Gasteiger partial charge is 0.368 e. The van der Waals surface area contributed by atoms with E-state index in [4.69, 9.17) is 9.72 Å². The molecule has 0 radical (unpaired) electrons. The molecule has 2 aliphatic heterocycles. The summed E-state index contributed by atoms with van der Waals surface area (Å²) in [7, 11) is 1.91. The third-order valence-electron chi connectivity index (χ3n) is 5.19. The molecule has 140 valence electrons. The number of hydrogen-bond acceptors (Lipinski definition) is 6. The van der Waals surface area contributed by atoms with Gasteiger partial charge in [0, 0.05) is 46.3 Å². The highest BCUT2D eigenvalue weighted by atomic mass is 16.5. The molecule has 0 saturated carbocycles. The highest BCUT2D eigenvalue weighted by molar-refractivity contribution is 5.87. The Bertz CT molecular complexity index is 790. The lowest BCUT2D eigenvalue weighted by Crippen LogP contribution is -2.51. The molecule has 1 atom stereocenters. The summed E-state index contributed by atoms with van der Waals surface area (Å²) in [4.78, 5) is 26.2. The lowest BCUT2D eigenvalue weighted by atomic mass is 10.2. The standard InChI is InChI=1S/C18H26N6O2/c1-3-5-15-20-16-13(12-19-22(16)2)17(21-15)23-7-9-24(10-8-23)18(25)14-6-4-11-26-14/h12,14H,3-11H2,1-2H3/t14-/m0/s1. The van der Waals surface area contributed by atoms with Crippen molar-refractivity contribution in [2.24, 2.45) is 7.05 Å². The highest BCUT2D eigenvalue weighted by Gasteiger charge is 2.31. The number of ether oxygens (including phenoxy) is 1. The normalized spacial score (nSPS) is 20.9. The molecule has 26 heavy (non-hydrogen) atoms. The molecule has 2 aromatic rings. The van der Waals surface area contributed by atoms with Crippen molar-refractivity contribution in [2.75, 3.05) is 37.7 Å². The van der Waals surface area contributed by atoms with E-state index in [-0.39, 0.29) is 12.0 Å². The second-order valence-electron chi connectivity index (χ2n) is 7.03. The van der Waals surface area contributed by atoms with Gasteiger partial charge in [-0.05, 0) is 19.3 Å². The summed E-state index contributed by atoms with van der Waals surface area (Å²) in [5.41, 5.74) is 0.872. The van der Waals surface area contributed by atoms with Crippen molar-refractivity contribution in [3.63, 3.8) is 0 Å². The number of aromatic nitrogens is 4. The van der Waals surface area contributed by atoms with Crippen LogP contribution in [-0.4, -0.2) is 69.4 Å². The predicted octanol–water partition coefficient (Wildman–Crippen LogP) is 1.14. The third-order valence-corrected chi connectivity index (χ3v) is 5.19. The van der Waals surface area contributed by atoms with E-state index >= 15 is 0 Å². The number of carbonyl (C=O) groups excluding carboxylic acids is 1. The predicted molar refractivity (Wildman–Crippen MR) is 98.1 cm³/mol. The van der Waals surface area contributed by atoms with Crippen molar-refractivity contribution in [1.29, 1.82) is 0 Å². The average molecular weight is 358 g/mol. The Hall–Kier alpha value is -2.22. The van der Waals surface area contributed by atoms with Crippen LogP contribution in [0.2, 0.25) is 0 Å². The molecule has 0 aromatic carbocycles. The molecular weight excluding hydrogens is 332 g/mol. The van der Waals surface area contributed by atoms with Crippen LogP contribution in [-0.2, 0) is 23.0 Å². The van der Waals surface area contributed by atoms with Crippen LogP contribution in [0.1, 0.15) is 32.0 Å². The van der Waals surface area contributed by atoms with E-state index in [9.17, 15) is 4.79 Å². The van der Waals surface area contributed by atoms with E-state index in [1.54, 1.807) is 4.68 Å². The minimum Gasteiger partial charge on any atom is -0.368 e. The van der Waals surface area contributed by atoms with Crippen LogP contribution in [0.15, 0.2) is 6.20 Å². The molecule has 2 fully saturated rings. The van der Waals surface area contributed by atoms with E-state index < -0.39 is 0 Å². The lowest BCUT2D eigenvalue weighted by molar-refractivity contribution is -0.141. The topological polar surface area (TPSA) is 76.4 Å². The van der Waals surface area contributed by atoms with Gasteiger partial charge in [-0.2, -0.15) is 5.10 Å². The monoisotopic (exact) mass is 358 g/mol. The molecule has 0 aliphatic carbocycles. The Morgan fingerprint density at radius 3 is 2.77 bits per heavy atom. The van der Waals surface area contributed by atoms with Crippen LogP contribution < -0.4 is 4.90 Å². The van der Waals surface area contributed by atoms with Gasteiger partial charge in [0.2, 0.25) is 0 Å². The number of nitrogens with zero attached hydrogens (tertiary/aromatic N) is 6. The molecule has 1 amide bonds. The van der Waals surface area contributed by atoms with Crippen LogP contribution >= 0.6 is 0 Å². The zero-order valence-corrected chi connectivity index (χ0v) is 15.5. The lowest BCUT2D eigenvalue weighted by Gasteiger charge is -2.36. The number of carbonyl (C=O) groups is 1. The van der Waals surface area contributed by atoms with Crippen molar-refractivity contribution >= 4 is 22.8 Å². The minimum atomic E-state index is -0.234. The Morgan fingerprint density at radius 1 is 1.27 bits per heavy atom. The van der Waals surface area contributed by atoms with Crippen LogP contribution in [0.3, 0.4) is 0 Å². The van der Waals surface area contributed by atoms with Gasteiger partial charge < -0.3 is 14.5 Å². The SMILES string of the molecule is CCCc1nc(N2CCN(C(=O)[C@@H]3CCCO3)CC2)c2cnn(C)c2n1. The molecule has 8 nitrogen and oxygen atoms in total. The third kappa shape index (κ3) is 3.13. The molecule has 4 heterocycles. The van der Waals surface area contributed by atoms with E-state index in [0.717, 1.165) is 61.4 Å². The molecule has 2 aromatic heterocycles. The van der Waals surface area contributed by atoms with Gasteiger partial charge in [-0.3, -0.25) is 9.48 Å². The number of hydrogen-bond donors (Lipinski definition) is 0. The first-order valence-corrected chi connectivity index (χ1v) is 9.51. The number of rotatable bonds is 4. The average Bonchev–Trinajstić information content (AvgIpc) is 3.32. The summed E-state index contributed by atoms with van der Waals surface area (Å²) in [6.45, 7) is 5.78. The Balaban J connectivity index is 1.52. The molecule has 4 rings (SSSR count). The van der Waals surface area contributed by atoms with Gasteiger partial charge in [0.25, 0.3) is 5.91 Å². The van der Waals surface area contributed by atoms with Gasteiger partial charge in [0.15, 0.2) is 5.65 Å². The van der Waals surface area contributed by atoms with Crippen molar-refractivity contribution in [2.45, 2.75) is 38.7 Å². The second kappa shape index (κ2) is 7.19. The number of anilines is 1. The second-order valence-corrected chi connectivity index (χ2v) is 7.03. The molecule has 2 saturated heterocycles. The number of piperazine rings is 1. The molecule has 0 unspecified atom stereocenters. The fourth-order valence-electron chi connectivity index (χ4n) is 3.74. The zero-order chi connectivity index (χ0) is 18.1. The van der Waals surface area contributed by atoms with Gasteiger partial charge in [-0.25, -0.2) is 9.97 Å². The van der Waals surface area contributed by atoms with Crippen LogP contribution in [0.25, 0.3) is 11.0 Å². The molecular formula is C18H26N6O2. The first kappa shape index (κ1) is 17.2. The van der Waals surface area contributed by atoms with Crippen LogP contribution in [0, 0.1) is 0 Å². The summed E-state index contributed by atoms with van der Waals surface area (Å²) < 4.78 is 7.35. The summed E-state index contributed by atoms with van der Waals surface area (Å²) in [6, 6.07) is 0. The summed E-state index contributed by atoms with van der Waals surface area (Å²) in [5, 5.41) is 5.33. The van der Waals surface area contributed by atoms with Crippen molar-refractivity contribution < 1.29 is 9.53 Å². The number of aryl methyl sites for hydroxylation is 2. The Kier molecular flexibility index (Phi) is 4.76. The maximum Gasteiger partial charge on any atom is 0.251 e. The first-order chi connectivity index (χ1) is 12.7. The Labute approximate surface area is 153 Å². The van der Waals surface area contributed by atoms with Gasteiger partial charge in [0.05, 0.1) is 11.6 Å². The molecule has 0 bridgehead atoms. The van der Waals surface area contributed by atoms with E-state index in [2.05, 4.69) is 21.9 Å². The van der Waals surface area contributed by atoms with Crippen LogP contribution in [0.4, 0.5) is 5.82 Å². The molecule has 0 spiro atoms. The van der Waals surface area contributed by atoms with Crippen molar-refractivity contribution in [3.8, 4) is 0 Å². The fourth-order valence-corrected chi connectivity index (χ4v) is 3.74. The smallest absolute Gasteiger partial charge is 0.251 e.